The summed E-state index contributed by atoms with van der Waals surface area (Å²) in [5.41, 5.74) is 2.75. The van der Waals surface area contributed by atoms with Crippen molar-refractivity contribution in [2.24, 2.45) is 0 Å². The summed E-state index contributed by atoms with van der Waals surface area (Å²) in [6.07, 6.45) is 0. The lowest BCUT2D eigenvalue weighted by Crippen LogP contribution is -2.02. The summed E-state index contributed by atoms with van der Waals surface area (Å²) in [6.45, 7) is 4.36. The first-order valence-electron chi connectivity index (χ1n) is 8.65. The van der Waals surface area contributed by atoms with Crippen LogP contribution in [0.25, 0.3) is 0 Å². The number of carbonyl (C=O) groups excluding carboxylic acids is 1. The van der Waals surface area contributed by atoms with Gasteiger partial charge < -0.3 is 10.2 Å². The number of aromatic nitrogens is 2. The van der Waals surface area contributed by atoms with Crippen LogP contribution in [0.15, 0.2) is 51.1 Å². The number of carbonyl (C=O) groups is 1. The van der Waals surface area contributed by atoms with Crippen LogP contribution in [0.4, 0.5) is 0 Å². The zero-order chi connectivity index (χ0) is 20.1. The molecule has 0 aliphatic carbocycles. The van der Waals surface area contributed by atoms with Crippen LogP contribution >= 0.6 is 34.9 Å². The summed E-state index contributed by atoms with van der Waals surface area (Å²) in [7, 11) is 0. The number of hydrogen-bond donors (Lipinski definition) is 2. The Bertz CT molecular complexity index is 956. The summed E-state index contributed by atoms with van der Waals surface area (Å²) >= 11 is 4.37. The van der Waals surface area contributed by atoms with Crippen molar-refractivity contribution in [2.45, 2.75) is 34.2 Å². The van der Waals surface area contributed by atoms with Gasteiger partial charge in [0.15, 0.2) is 14.5 Å². The zero-order valence-electron chi connectivity index (χ0n) is 15.5. The van der Waals surface area contributed by atoms with Crippen LogP contribution in [-0.4, -0.2) is 31.9 Å². The van der Waals surface area contributed by atoms with Crippen LogP contribution in [0.2, 0.25) is 0 Å². The highest BCUT2D eigenvalue weighted by atomic mass is 32.2. The van der Waals surface area contributed by atoms with Gasteiger partial charge in [-0.15, -0.1) is 10.2 Å². The molecular formula is C20H20N2O3S3. The lowest BCUT2D eigenvalue weighted by atomic mass is 10.0. The highest BCUT2D eigenvalue weighted by molar-refractivity contribution is 8.03. The summed E-state index contributed by atoms with van der Waals surface area (Å²) in [6, 6.07) is 12.6. The van der Waals surface area contributed by atoms with Crippen molar-refractivity contribution in [1.29, 1.82) is 0 Å². The van der Waals surface area contributed by atoms with Crippen molar-refractivity contribution in [3.8, 4) is 11.5 Å². The van der Waals surface area contributed by atoms with E-state index in [1.54, 1.807) is 11.8 Å². The van der Waals surface area contributed by atoms with E-state index < -0.39 is 0 Å². The van der Waals surface area contributed by atoms with Gasteiger partial charge >= 0.3 is 0 Å². The Morgan fingerprint density at radius 2 is 1.71 bits per heavy atom. The number of rotatable bonds is 8. The zero-order valence-corrected chi connectivity index (χ0v) is 17.9. The molecule has 0 aliphatic heterocycles. The van der Waals surface area contributed by atoms with E-state index in [0.717, 1.165) is 16.2 Å². The smallest absolute Gasteiger partial charge is 0.176 e. The predicted molar refractivity (Wildman–Crippen MR) is 115 cm³/mol. The molecule has 146 valence electrons. The lowest BCUT2D eigenvalue weighted by molar-refractivity contribution is 0.102. The van der Waals surface area contributed by atoms with Gasteiger partial charge in [0.25, 0.3) is 0 Å². The molecule has 0 spiro atoms. The summed E-state index contributed by atoms with van der Waals surface area (Å²) in [5, 5.41) is 27.4. The molecule has 0 atom stereocenters. The van der Waals surface area contributed by atoms with Crippen LogP contribution in [0.3, 0.4) is 0 Å². The lowest BCUT2D eigenvalue weighted by Gasteiger charge is -2.06. The molecule has 2 aromatic carbocycles. The van der Waals surface area contributed by atoms with E-state index in [1.807, 2.05) is 0 Å². The van der Waals surface area contributed by atoms with Crippen molar-refractivity contribution in [3.05, 3.63) is 59.2 Å². The standard InChI is InChI=1S/C20H20N2O3S3/c1-12(2)14-5-3-13(4-6-14)10-26-19-21-22-20(28-19)27-11-18(25)16-8-7-15(23)9-17(16)24/h3-9,12,23-24H,10-11H2,1-2H3. The first kappa shape index (κ1) is 20.7. The van der Waals surface area contributed by atoms with Crippen LogP contribution in [-0.2, 0) is 5.75 Å². The number of nitrogens with zero attached hydrogens (tertiary/aromatic N) is 2. The third-order valence-electron chi connectivity index (χ3n) is 4.01. The molecule has 28 heavy (non-hydrogen) atoms. The normalized spacial score (nSPS) is 11.1. The minimum Gasteiger partial charge on any atom is -0.508 e. The molecule has 0 saturated heterocycles. The molecule has 5 nitrogen and oxygen atoms in total. The van der Waals surface area contributed by atoms with Crippen LogP contribution in [0.5, 0.6) is 11.5 Å². The van der Waals surface area contributed by atoms with Gasteiger partial charge in [-0.2, -0.15) is 0 Å². The second-order valence-corrected chi connectivity index (χ2v) is 9.85. The van der Waals surface area contributed by atoms with E-state index in [1.165, 1.54) is 46.4 Å². The van der Waals surface area contributed by atoms with Crippen molar-refractivity contribution in [3.63, 3.8) is 0 Å². The van der Waals surface area contributed by atoms with Gasteiger partial charge in [-0.3, -0.25) is 4.79 Å². The highest BCUT2D eigenvalue weighted by Gasteiger charge is 2.14. The van der Waals surface area contributed by atoms with Gasteiger partial charge in [-0.05, 0) is 29.2 Å². The largest absolute Gasteiger partial charge is 0.508 e. The molecule has 3 aromatic rings. The molecule has 0 fully saturated rings. The van der Waals surface area contributed by atoms with E-state index in [0.29, 0.717) is 10.3 Å². The molecule has 1 aromatic heterocycles. The molecule has 3 rings (SSSR count). The van der Waals surface area contributed by atoms with Gasteiger partial charge in [0, 0.05) is 11.8 Å². The average molecular weight is 433 g/mol. The van der Waals surface area contributed by atoms with E-state index in [2.05, 4.69) is 48.3 Å². The number of thioether (sulfide) groups is 2. The fourth-order valence-corrected chi connectivity index (χ4v) is 5.28. The predicted octanol–water partition coefficient (Wildman–Crippen LogP) is 5.34. The minimum atomic E-state index is -0.225. The second kappa shape index (κ2) is 9.45. The fourth-order valence-electron chi connectivity index (χ4n) is 2.42. The number of hydrogen-bond acceptors (Lipinski definition) is 8. The Morgan fingerprint density at radius 1 is 1.04 bits per heavy atom. The molecular weight excluding hydrogens is 412 g/mol. The van der Waals surface area contributed by atoms with Gasteiger partial charge in [0.2, 0.25) is 0 Å². The van der Waals surface area contributed by atoms with Crippen LogP contribution < -0.4 is 0 Å². The van der Waals surface area contributed by atoms with E-state index in [4.69, 9.17) is 0 Å². The molecule has 0 saturated carbocycles. The third kappa shape index (κ3) is 5.50. The number of benzene rings is 2. The summed E-state index contributed by atoms with van der Waals surface area (Å²) < 4.78 is 1.57. The maximum atomic E-state index is 12.2. The monoisotopic (exact) mass is 432 g/mol. The van der Waals surface area contributed by atoms with Crippen LogP contribution in [0.1, 0.15) is 41.3 Å². The molecule has 2 N–H and O–H groups in total. The maximum absolute atomic E-state index is 12.2. The summed E-state index contributed by atoms with van der Waals surface area (Å²) in [4.78, 5) is 12.2. The SMILES string of the molecule is CC(C)c1ccc(CSc2nnc(SCC(=O)c3ccc(O)cc3O)s2)cc1. The topological polar surface area (TPSA) is 83.3 Å². The van der Waals surface area contributed by atoms with Crippen molar-refractivity contribution >= 4 is 40.6 Å². The van der Waals surface area contributed by atoms with Gasteiger partial charge in [0.05, 0.1) is 11.3 Å². The van der Waals surface area contributed by atoms with Gasteiger partial charge in [-0.1, -0.05) is 73.0 Å². The third-order valence-corrected chi connectivity index (χ3v) is 7.27. The van der Waals surface area contributed by atoms with Gasteiger partial charge in [0.1, 0.15) is 11.5 Å². The fraction of sp³-hybridized carbons (Fsp3) is 0.250. The maximum Gasteiger partial charge on any atom is 0.176 e. The molecule has 8 heteroatoms. The number of phenols is 2. The Labute approximate surface area is 176 Å². The molecule has 0 bridgehead atoms. The Kier molecular flexibility index (Phi) is 6.98. The molecule has 0 aliphatic rings. The molecule has 0 amide bonds. The first-order valence-corrected chi connectivity index (χ1v) is 11.4. The van der Waals surface area contributed by atoms with E-state index in [-0.39, 0.29) is 28.6 Å². The summed E-state index contributed by atoms with van der Waals surface area (Å²) in [5.74, 6) is 0.966. The Hall–Kier alpha value is -2.03. The molecule has 0 radical (unpaired) electrons. The first-order chi connectivity index (χ1) is 13.4. The second-order valence-electron chi connectivity index (χ2n) is 6.43. The number of phenolic OH excluding ortho intramolecular Hbond substituents is 2. The van der Waals surface area contributed by atoms with E-state index >= 15 is 0 Å². The number of Topliss-reactive ketones (excluding diaryl/α,β-unsaturated/α-hetero) is 1. The average Bonchev–Trinajstić information content (AvgIpc) is 3.12. The quantitative estimate of drug-likeness (QED) is 0.367. The van der Waals surface area contributed by atoms with E-state index in [9.17, 15) is 15.0 Å². The van der Waals surface area contributed by atoms with Crippen LogP contribution in [0, 0.1) is 0 Å². The Morgan fingerprint density at radius 3 is 2.36 bits per heavy atom. The van der Waals surface area contributed by atoms with Crippen molar-refractivity contribution in [1.82, 2.24) is 10.2 Å². The molecule has 1 heterocycles. The Balaban J connectivity index is 1.52. The minimum absolute atomic E-state index is 0.0775. The van der Waals surface area contributed by atoms with Gasteiger partial charge in [-0.25, -0.2) is 0 Å². The van der Waals surface area contributed by atoms with Crippen molar-refractivity contribution < 1.29 is 15.0 Å². The van der Waals surface area contributed by atoms with Crippen molar-refractivity contribution in [2.75, 3.05) is 5.75 Å². The number of aromatic hydroxyl groups is 2. The highest BCUT2D eigenvalue weighted by Crippen LogP contribution is 2.32. The number of ketones is 1. The molecule has 0 unspecified atom stereocenters.